The topological polar surface area (TPSA) is 61.6 Å². The highest BCUT2D eigenvalue weighted by Crippen LogP contribution is 2.42. The molecule has 0 saturated carbocycles. The first-order valence-electron chi connectivity index (χ1n) is 5.11. The smallest absolute Gasteiger partial charge is 0.243 e. The van der Waals surface area contributed by atoms with E-state index in [1.807, 2.05) is 6.92 Å². The lowest BCUT2D eigenvalue weighted by molar-refractivity contribution is -0.422. The van der Waals surface area contributed by atoms with E-state index in [2.05, 4.69) is 0 Å². The van der Waals surface area contributed by atoms with Crippen LogP contribution in [-0.4, -0.2) is 19.1 Å². The van der Waals surface area contributed by atoms with E-state index in [9.17, 15) is 10.1 Å². The molecule has 6 heteroatoms. The van der Waals surface area contributed by atoms with Crippen molar-refractivity contribution in [2.24, 2.45) is 0 Å². The van der Waals surface area contributed by atoms with Crippen molar-refractivity contribution in [3.63, 3.8) is 0 Å². The molecule has 1 aromatic heterocycles. The van der Waals surface area contributed by atoms with Gasteiger partial charge in [-0.3, -0.25) is 10.1 Å². The van der Waals surface area contributed by atoms with Crippen molar-refractivity contribution in [3.05, 3.63) is 26.9 Å². The van der Waals surface area contributed by atoms with Gasteiger partial charge in [-0.2, -0.15) is 0 Å². The number of allylic oxidation sites excluding steroid dienone is 1. The fourth-order valence-corrected chi connectivity index (χ4v) is 2.50. The standard InChI is InChI=1S/C11H15NO4S/c1-5-8-9(6-7(2)12(13)14)11(16-4)17-10(8)15-3/h6H,5H2,1-4H3. The van der Waals surface area contributed by atoms with Gasteiger partial charge in [-0.05, 0) is 6.42 Å². The van der Waals surface area contributed by atoms with E-state index in [1.165, 1.54) is 24.3 Å². The number of thiophene rings is 1. The van der Waals surface area contributed by atoms with Crippen LogP contribution in [0.5, 0.6) is 10.1 Å². The third kappa shape index (κ3) is 2.76. The molecule has 1 aromatic rings. The second-order valence-electron chi connectivity index (χ2n) is 3.37. The molecule has 0 aliphatic rings. The van der Waals surface area contributed by atoms with Gasteiger partial charge in [-0.1, -0.05) is 18.3 Å². The lowest BCUT2D eigenvalue weighted by atomic mass is 10.1. The molecule has 0 aliphatic carbocycles. The summed E-state index contributed by atoms with van der Waals surface area (Å²) in [5, 5.41) is 12.0. The summed E-state index contributed by atoms with van der Waals surface area (Å²) < 4.78 is 10.5. The Hall–Kier alpha value is -1.56. The molecule has 0 fully saturated rings. The first kappa shape index (κ1) is 13.5. The zero-order valence-electron chi connectivity index (χ0n) is 10.3. The average Bonchev–Trinajstić information content (AvgIpc) is 2.65. The van der Waals surface area contributed by atoms with Gasteiger partial charge in [0.25, 0.3) is 0 Å². The normalized spacial score (nSPS) is 11.4. The van der Waals surface area contributed by atoms with Crippen molar-refractivity contribution in [1.82, 2.24) is 0 Å². The molecule has 0 amide bonds. The maximum absolute atomic E-state index is 10.6. The molecule has 94 valence electrons. The highest BCUT2D eigenvalue weighted by molar-refractivity contribution is 7.16. The first-order valence-corrected chi connectivity index (χ1v) is 5.93. The Morgan fingerprint density at radius 2 is 2.00 bits per heavy atom. The molecule has 0 aliphatic heterocycles. The highest BCUT2D eigenvalue weighted by atomic mass is 32.1. The SMILES string of the molecule is CCc1c(OC)sc(OC)c1C=C(C)[N+](=O)[O-]. The van der Waals surface area contributed by atoms with Crippen molar-refractivity contribution in [2.75, 3.05) is 14.2 Å². The summed E-state index contributed by atoms with van der Waals surface area (Å²) in [5.41, 5.74) is 1.76. The van der Waals surface area contributed by atoms with Gasteiger partial charge in [-0.25, -0.2) is 0 Å². The van der Waals surface area contributed by atoms with Crippen molar-refractivity contribution < 1.29 is 14.4 Å². The summed E-state index contributed by atoms with van der Waals surface area (Å²) in [4.78, 5) is 10.2. The Balaban J connectivity index is 3.34. The lowest BCUT2D eigenvalue weighted by Crippen LogP contribution is -1.95. The minimum Gasteiger partial charge on any atom is -0.487 e. The van der Waals surface area contributed by atoms with Gasteiger partial charge in [0, 0.05) is 24.1 Å². The van der Waals surface area contributed by atoms with Crippen LogP contribution in [0.25, 0.3) is 6.08 Å². The van der Waals surface area contributed by atoms with Gasteiger partial charge < -0.3 is 9.47 Å². The Bertz CT molecular complexity index is 451. The molecular weight excluding hydrogens is 242 g/mol. The fraction of sp³-hybridized carbons (Fsp3) is 0.455. The number of nitro groups is 1. The third-order valence-corrected chi connectivity index (χ3v) is 3.51. The number of hydrogen-bond donors (Lipinski definition) is 0. The van der Waals surface area contributed by atoms with Gasteiger partial charge in [0.15, 0.2) is 10.1 Å². The van der Waals surface area contributed by atoms with Crippen molar-refractivity contribution in [3.8, 4) is 10.1 Å². The largest absolute Gasteiger partial charge is 0.487 e. The predicted octanol–water partition coefficient (Wildman–Crippen LogP) is 2.97. The van der Waals surface area contributed by atoms with Crippen LogP contribution in [0.2, 0.25) is 0 Å². The maximum atomic E-state index is 10.6. The van der Waals surface area contributed by atoms with E-state index < -0.39 is 4.92 Å². The summed E-state index contributed by atoms with van der Waals surface area (Å²) in [5.74, 6) is 0. The summed E-state index contributed by atoms with van der Waals surface area (Å²) >= 11 is 1.35. The van der Waals surface area contributed by atoms with E-state index in [-0.39, 0.29) is 5.70 Å². The number of nitrogens with zero attached hydrogens (tertiary/aromatic N) is 1. The zero-order chi connectivity index (χ0) is 13.0. The number of hydrogen-bond acceptors (Lipinski definition) is 5. The summed E-state index contributed by atoms with van der Waals surface area (Å²) in [6.07, 6.45) is 2.26. The lowest BCUT2D eigenvalue weighted by Gasteiger charge is -2.01. The molecule has 0 aromatic carbocycles. The molecule has 1 rings (SSSR count). The van der Waals surface area contributed by atoms with Gasteiger partial charge in [-0.15, -0.1) is 0 Å². The first-order chi connectivity index (χ1) is 8.04. The number of methoxy groups -OCH3 is 2. The fourth-order valence-electron chi connectivity index (χ4n) is 1.49. The van der Waals surface area contributed by atoms with Crippen LogP contribution in [0.4, 0.5) is 0 Å². The second kappa shape index (κ2) is 5.67. The Kier molecular flexibility index (Phi) is 4.51. The Morgan fingerprint density at radius 3 is 2.41 bits per heavy atom. The van der Waals surface area contributed by atoms with Gasteiger partial charge in [0.05, 0.1) is 19.1 Å². The second-order valence-corrected chi connectivity index (χ2v) is 4.32. The molecule has 0 unspecified atom stereocenters. The monoisotopic (exact) mass is 257 g/mol. The molecule has 0 atom stereocenters. The molecule has 0 bridgehead atoms. The predicted molar refractivity (Wildman–Crippen MR) is 67.4 cm³/mol. The Morgan fingerprint density at radius 1 is 1.41 bits per heavy atom. The van der Waals surface area contributed by atoms with E-state index in [4.69, 9.17) is 9.47 Å². The minimum absolute atomic E-state index is 0.0819. The van der Waals surface area contributed by atoms with Crippen LogP contribution in [0.3, 0.4) is 0 Å². The average molecular weight is 257 g/mol. The number of rotatable bonds is 5. The van der Waals surface area contributed by atoms with Crippen molar-refractivity contribution in [2.45, 2.75) is 20.3 Å². The van der Waals surface area contributed by atoms with E-state index >= 15 is 0 Å². The molecular formula is C11H15NO4S. The van der Waals surface area contributed by atoms with Gasteiger partial charge >= 0.3 is 0 Å². The summed E-state index contributed by atoms with van der Waals surface area (Å²) in [6, 6.07) is 0. The van der Waals surface area contributed by atoms with Crippen LogP contribution in [0.1, 0.15) is 25.0 Å². The van der Waals surface area contributed by atoms with E-state index in [0.29, 0.717) is 5.06 Å². The molecule has 0 saturated heterocycles. The van der Waals surface area contributed by atoms with Gasteiger partial charge in [0.2, 0.25) is 5.70 Å². The Labute approximate surface area is 104 Å². The molecule has 0 spiro atoms. The molecule has 17 heavy (non-hydrogen) atoms. The van der Waals surface area contributed by atoms with Crippen molar-refractivity contribution >= 4 is 17.4 Å². The highest BCUT2D eigenvalue weighted by Gasteiger charge is 2.18. The quantitative estimate of drug-likeness (QED) is 0.601. The van der Waals surface area contributed by atoms with Crippen molar-refractivity contribution in [1.29, 1.82) is 0 Å². The van der Waals surface area contributed by atoms with Gasteiger partial charge in [0.1, 0.15) is 0 Å². The third-order valence-electron chi connectivity index (χ3n) is 2.34. The van der Waals surface area contributed by atoms with Crippen LogP contribution < -0.4 is 9.47 Å². The molecule has 0 N–H and O–H groups in total. The summed E-state index contributed by atoms with van der Waals surface area (Å²) in [6.45, 7) is 3.44. The van der Waals surface area contributed by atoms with E-state index in [1.54, 1.807) is 14.2 Å². The minimum atomic E-state index is -0.414. The maximum Gasteiger partial charge on any atom is 0.243 e. The van der Waals surface area contributed by atoms with E-state index in [0.717, 1.165) is 22.6 Å². The molecule has 5 nitrogen and oxygen atoms in total. The van der Waals surface area contributed by atoms with Crippen LogP contribution in [0, 0.1) is 10.1 Å². The van der Waals surface area contributed by atoms with Crippen LogP contribution in [-0.2, 0) is 6.42 Å². The molecule has 0 radical (unpaired) electrons. The van der Waals surface area contributed by atoms with Crippen LogP contribution >= 0.6 is 11.3 Å². The molecule has 1 heterocycles. The number of ether oxygens (including phenoxy) is 2. The summed E-state index contributed by atoms with van der Waals surface area (Å²) in [7, 11) is 3.13. The zero-order valence-corrected chi connectivity index (χ0v) is 11.1. The van der Waals surface area contributed by atoms with Crippen LogP contribution in [0.15, 0.2) is 5.70 Å².